The van der Waals surface area contributed by atoms with Crippen molar-refractivity contribution in [1.29, 1.82) is 0 Å². The topological polar surface area (TPSA) is 73.0 Å². The van der Waals surface area contributed by atoms with E-state index in [9.17, 15) is 4.79 Å². The van der Waals surface area contributed by atoms with Crippen LogP contribution in [0.2, 0.25) is 0 Å². The first kappa shape index (κ1) is 13.6. The van der Waals surface area contributed by atoms with Crippen molar-refractivity contribution in [3.63, 3.8) is 0 Å². The van der Waals surface area contributed by atoms with E-state index in [-0.39, 0.29) is 5.91 Å². The van der Waals surface area contributed by atoms with Crippen LogP contribution in [0.3, 0.4) is 0 Å². The molecule has 0 aliphatic carbocycles. The minimum atomic E-state index is -0.139. The van der Waals surface area contributed by atoms with E-state index in [1.165, 1.54) is 0 Å². The van der Waals surface area contributed by atoms with Gasteiger partial charge in [-0.25, -0.2) is 0 Å². The molecule has 6 nitrogen and oxygen atoms in total. The van der Waals surface area contributed by atoms with Crippen LogP contribution in [0.25, 0.3) is 0 Å². The lowest BCUT2D eigenvalue weighted by Crippen LogP contribution is -2.24. The fourth-order valence-corrected chi connectivity index (χ4v) is 2.42. The van der Waals surface area contributed by atoms with E-state index in [0.717, 1.165) is 36.5 Å². The quantitative estimate of drug-likeness (QED) is 0.796. The maximum absolute atomic E-state index is 12.3. The molecule has 0 fully saturated rings. The van der Waals surface area contributed by atoms with E-state index in [1.807, 2.05) is 43.3 Å². The van der Waals surface area contributed by atoms with Gasteiger partial charge in [-0.15, -0.1) is 0 Å². The lowest BCUT2D eigenvalue weighted by atomic mass is 10.1. The Bertz CT molecular complexity index is 645. The molecule has 0 saturated heterocycles. The summed E-state index contributed by atoms with van der Waals surface area (Å²) in [5, 5.41) is 13.4. The third-order valence-electron chi connectivity index (χ3n) is 3.68. The number of rotatable bonds is 3. The van der Waals surface area contributed by atoms with Crippen molar-refractivity contribution in [2.45, 2.75) is 13.0 Å². The van der Waals surface area contributed by atoms with E-state index in [1.54, 1.807) is 0 Å². The molecular formula is C15H19N5O. The summed E-state index contributed by atoms with van der Waals surface area (Å²) >= 11 is 0. The molecule has 2 aromatic rings. The summed E-state index contributed by atoms with van der Waals surface area (Å²) in [5.41, 5.74) is 3.85. The Labute approximate surface area is 123 Å². The van der Waals surface area contributed by atoms with E-state index in [2.05, 4.69) is 20.8 Å². The second-order valence-electron chi connectivity index (χ2n) is 5.35. The van der Waals surface area contributed by atoms with Gasteiger partial charge < -0.3 is 15.5 Å². The number of H-pyrrole nitrogens is 1. The number of anilines is 2. The normalized spacial score (nSPS) is 13.6. The molecule has 1 aromatic carbocycles. The summed E-state index contributed by atoms with van der Waals surface area (Å²) in [6.45, 7) is 1.68. The van der Waals surface area contributed by atoms with Gasteiger partial charge in [-0.2, -0.15) is 5.10 Å². The van der Waals surface area contributed by atoms with Crippen LogP contribution in [-0.2, 0) is 13.0 Å². The third-order valence-corrected chi connectivity index (χ3v) is 3.68. The molecule has 0 spiro atoms. The van der Waals surface area contributed by atoms with Gasteiger partial charge in [0.05, 0.1) is 0 Å². The monoisotopic (exact) mass is 285 g/mol. The molecule has 110 valence electrons. The molecule has 0 atom stereocenters. The van der Waals surface area contributed by atoms with Gasteiger partial charge in [0.25, 0.3) is 5.91 Å². The summed E-state index contributed by atoms with van der Waals surface area (Å²) in [6, 6.07) is 7.50. The summed E-state index contributed by atoms with van der Waals surface area (Å²) in [6.07, 6.45) is 0.912. The van der Waals surface area contributed by atoms with Crippen LogP contribution in [-0.4, -0.2) is 36.7 Å². The number of carbonyl (C=O) groups is 1. The van der Waals surface area contributed by atoms with E-state index >= 15 is 0 Å². The number of benzene rings is 1. The van der Waals surface area contributed by atoms with Crippen molar-refractivity contribution in [2.24, 2.45) is 0 Å². The molecule has 3 N–H and O–H groups in total. The number of carbonyl (C=O) groups excluding carboxylic acids is 1. The first-order valence-corrected chi connectivity index (χ1v) is 7.00. The molecule has 0 saturated carbocycles. The average Bonchev–Trinajstić information content (AvgIpc) is 2.91. The Kier molecular flexibility index (Phi) is 3.62. The lowest BCUT2D eigenvalue weighted by molar-refractivity contribution is 0.102. The van der Waals surface area contributed by atoms with Crippen molar-refractivity contribution in [3.05, 3.63) is 41.1 Å². The van der Waals surface area contributed by atoms with Crippen LogP contribution in [0.5, 0.6) is 0 Å². The van der Waals surface area contributed by atoms with Crippen LogP contribution in [0.1, 0.15) is 21.6 Å². The zero-order valence-electron chi connectivity index (χ0n) is 12.2. The number of amides is 1. The minimum absolute atomic E-state index is 0.139. The lowest BCUT2D eigenvalue weighted by Gasteiger charge is -2.14. The van der Waals surface area contributed by atoms with Gasteiger partial charge >= 0.3 is 0 Å². The predicted octanol–water partition coefficient (Wildman–Crippen LogP) is 1.37. The fraction of sp³-hybridized carbons (Fsp3) is 0.333. The zero-order chi connectivity index (χ0) is 14.8. The first-order valence-electron chi connectivity index (χ1n) is 7.00. The van der Waals surface area contributed by atoms with Crippen molar-refractivity contribution in [2.75, 3.05) is 30.9 Å². The van der Waals surface area contributed by atoms with Crippen molar-refractivity contribution >= 4 is 17.4 Å². The Hall–Kier alpha value is -2.34. The standard InChI is InChI=1S/C15H19N5O/c1-20(2)11-5-3-10(4-6-11)15(21)17-14-12-9-16-8-7-13(12)18-19-14/h3-6,16H,7-9H2,1-2H3,(H2,17,18,19,21). The Morgan fingerprint density at radius 2 is 2.05 bits per heavy atom. The average molecular weight is 285 g/mol. The molecule has 3 rings (SSSR count). The van der Waals surface area contributed by atoms with Crippen LogP contribution in [0.15, 0.2) is 24.3 Å². The predicted molar refractivity (Wildman–Crippen MR) is 82.7 cm³/mol. The maximum atomic E-state index is 12.3. The summed E-state index contributed by atoms with van der Waals surface area (Å²) in [4.78, 5) is 14.3. The minimum Gasteiger partial charge on any atom is -0.378 e. The van der Waals surface area contributed by atoms with Crippen LogP contribution in [0.4, 0.5) is 11.5 Å². The van der Waals surface area contributed by atoms with Gasteiger partial charge in [0.1, 0.15) is 0 Å². The molecule has 1 aromatic heterocycles. The summed E-state index contributed by atoms with van der Waals surface area (Å²) in [7, 11) is 3.94. The third kappa shape index (κ3) is 2.75. The van der Waals surface area contributed by atoms with Gasteiger partial charge in [-0.05, 0) is 24.3 Å². The SMILES string of the molecule is CN(C)c1ccc(C(=O)Nc2n[nH]c3c2CNCC3)cc1. The van der Waals surface area contributed by atoms with E-state index in [0.29, 0.717) is 11.4 Å². The van der Waals surface area contributed by atoms with Crippen molar-refractivity contribution in [3.8, 4) is 0 Å². The van der Waals surface area contributed by atoms with Crippen molar-refractivity contribution < 1.29 is 4.79 Å². The number of hydrogen-bond donors (Lipinski definition) is 3. The van der Waals surface area contributed by atoms with Crippen LogP contribution < -0.4 is 15.5 Å². The molecule has 0 unspecified atom stereocenters. The number of aromatic amines is 1. The second kappa shape index (κ2) is 5.57. The van der Waals surface area contributed by atoms with Gasteiger partial charge in [-0.1, -0.05) is 0 Å². The maximum Gasteiger partial charge on any atom is 0.256 e. The Morgan fingerprint density at radius 3 is 2.76 bits per heavy atom. The number of hydrogen-bond acceptors (Lipinski definition) is 4. The molecule has 1 amide bonds. The van der Waals surface area contributed by atoms with Crippen LogP contribution >= 0.6 is 0 Å². The zero-order valence-corrected chi connectivity index (χ0v) is 12.2. The first-order chi connectivity index (χ1) is 10.1. The molecule has 1 aliphatic rings. The molecular weight excluding hydrogens is 266 g/mol. The van der Waals surface area contributed by atoms with Gasteiger partial charge in [0.15, 0.2) is 5.82 Å². The van der Waals surface area contributed by atoms with Gasteiger partial charge in [0, 0.05) is 56.1 Å². The van der Waals surface area contributed by atoms with Gasteiger partial charge in [-0.3, -0.25) is 9.89 Å². The highest BCUT2D eigenvalue weighted by Gasteiger charge is 2.18. The molecule has 1 aliphatic heterocycles. The number of nitrogens with one attached hydrogen (secondary N) is 3. The van der Waals surface area contributed by atoms with E-state index in [4.69, 9.17) is 0 Å². The Balaban J connectivity index is 1.75. The highest BCUT2D eigenvalue weighted by molar-refractivity contribution is 6.04. The number of nitrogens with zero attached hydrogens (tertiary/aromatic N) is 2. The smallest absolute Gasteiger partial charge is 0.256 e. The number of aromatic nitrogens is 2. The molecule has 21 heavy (non-hydrogen) atoms. The largest absolute Gasteiger partial charge is 0.378 e. The Morgan fingerprint density at radius 1 is 1.29 bits per heavy atom. The van der Waals surface area contributed by atoms with Crippen molar-refractivity contribution in [1.82, 2.24) is 15.5 Å². The molecule has 6 heteroatoms. The molecule has 0 radical (unpaired) electrons. The number of fused-ring (bicyclic) bond motifs is 1. The second-order valence-corrected chi connectivity index (χ2v) is 5.35. The summed E-state index contributed by atoms with van der Waals surface area (Å²) in [5.74, 6) is 0.485. The van der Waals surface area contributed by atoms with Crippen LogP contribution in [0, 0.1) is 0 Å². The summed E-state index contributed by atoms with van der Waals surface area (Å²) < 4.78 is 0. The highest BCUT2D eigenvalue weighted by atomic mass is 16.1. The fourth-order valence-electron chi connectivity index (χ4n) is 2.42. The highest BCUT2D eigenvalue weighted by Crippen LogP contribution is 2.20. The molecule has 2 heterocycles. The van der Waals surface area contributed by atoms with E-state index < -0.39 is 0 Å². The van der Waals surface area contributed by atoms with Gasteiger partial charge in [0.2, 0.25) is 0 Å². The molecule has 0 bridgehead atoms.